The van der Waals surface area contributed by atoms with Crippen molar-refractivity contribution in [2.45, 2.75) is 53.3 Å². The van der Waals surface area contributed by atoms with Crippen molar-refractivity contribution < 1.29 is 14.3 Å². The molecule has 0 aromatic carbocycles. The minimum Gasteiger partial charge on any atom is -0.481 e. The highest BCUT2D eigenvalue weighted by molar-refractivity contribution is 7.15. The molecule has 1 aliphatic rings. The quantitative estimate of drug-likeness (QED) is 0.744. The van der Waals surface area contributed by atoms with E-state index in [2.05, 4.69) is 36.8 Å². The van der Waals surface area contributed by atoms with Crippen LogP contribution in [-0.2, 0) is 24.1 Å². The molecule has 7 heteroatoms. The summed E-state index contributed by atoms with van der Waals surface area (Å²) in [7, 11) is 1.83. The number of thiophene rings is 1. The summed E-state index contributed by atoms with van der Waals surface area (Å²) in [6, 6.07) is 5.95. The number of likely N-dealkylation sites (tertiary alicyclic amines) is 1. The molecular weight excluding hydrogens is 389 g/mol. The zero-order valence-electron chi connectivity index (χ0n) is 18.2. The van der Waals surface area contributed by atoms with Gasteiger partial charge in [-0.1, -0.05) is 20.8 Å². The van der Waals surface area contributed by atoms with Crippen LogP contribution in [0.4, 0.5) is 4.39 Å². The number of hydrogen-bond acceptors (Lipinski definition) is 4. The molecule has 0 radical (unpaired) electrons. The second-order valence-corrected chi connectivity index (χ2v) is 11.0. The molecule has 0 amide bonds. The number of piperidine rings is 1. The fourth-order valence-electron chi connectivity index (χ4n) is 3.94. The molecule has 2 atom stereocenters. The number of carboxylic acid groups (broad SMARTS) is 1. The number of hydrogen-bond donors (Lipinski definition) is 1. The molecule has 1 aliphatic heterocycles. The van der Waals surface area contributed by atoms with Crippen molar-refractivity contribution in [3.8, 4) is 10.6 Å². The van der Waals surface area contributed by atoms with E-state index in [4.69, 9.17) is 0 Å². The molecule has 0 saturated carbocycles. The highest BCUT2D eigenvalue weighted by Gasteiger charge is 2.37. The Morgan fingerprint density at radius 3 is 2.52 bits per heavy atom. The van der Waals surface area contributed by atoms with Gasteiger partial charge in [0.05, 0.1) is 22.2 Å². The Balaban J connectivity index is 1.77. The van der Waals surface area contributed by atoms with Gasteiger partial charge in [0.1, 0.15) is 5.67 Å². The Morgan fingerprint density at radius 1 is 1.28 bits per heavy atom. The summed E-state index contributed by atoms with van der Waals surface area (Å²) >= 11 is 1.66. The van der Waals surface area contributed by atoms with E-state index in [1.54, 1.807) is 16.0 Å². The van der Waals surface area contributed by atoms with Crippen LogP contribution in [0.25, 0.3) is 10.6 Å². The van der Waals surface area contributed by atoms with Gasteiger partial charge in [-0.25, -0.2) is 4.39 Å². The van der Waals surface area contributed by atoms with E-state index in [0.29, 0.717) is 18.2 Å². The van der Waals surface area contributed by atoms with Crippen LogP contribution in [0.5, 0.6) is 0 Å². The van der Waals surface area contributed by atoms with Gasteiger partial charge in [0.15, 0.2) is 0 Å². The summed E-state index contributed by atoms with van der Waals surface area (Å²) in [5.74, 6) is -0.672. The zero-order chi connectivity index (χ0) is 21.6. The van der Waals surface area contributed by atoms with Gasteiger partial charge in [-0.2, -0.15) is 5.10 Å². The molecule has 0 aliphatic carbocycles. The molecule has 1 saturated heterocycles. The molecule has 0 spiro atoms. The normalized spacial score (nSPS) is 21.5. The van der Waals surface area contributed by atoms with Crippen LogP contribution in [0.1, 0.15) is 51.6 Å². The summed E-state index contributed by atoms with van der Waals surface area (Å²) in [5.41, 5.74) is -0.0653. The molecule has 2 unspecified atom stereocenters. The monoisotopic (exact) mass is 421 g/mol. The first kappa shape index (κ1) is 22.0. The van der Waals surface area contributed by atoms with Crippen molar-refractivity contribution in [3.63, 3.8) is 0 Å². The standard InChI is InChI=1S/C22H32FN3O2S/c1-21(2,3)15-9-14(20(27)28)11-26(12-15)13-16-7-8-18(29-16)17-10-19(22(4,5)23)24-25(17)6/h7-8,10,14-15H,9,11-13H2,1-6H3,(H,27,28). The Morgan fingerprint density at radius 2 is 1.97 bits per heavy atom. The maximum absolute atomic E-state index is 14.3. The Kier molecular flexibility index (Phi) is 5.94. The topological polar surface area (TPSA) is 58.4 Å². The van der Waals surface area contributed by atoms with Crippen LogP contribution in [-0.4, -0.2) is 38.8 Å². The van der Waals surface area contributed by atoms with Crippen LogP contribution in [0.3, 0.4) is 0 Å². The predicted molar refractivity (Wildman–Crippen MR) is 115 cm³/mol. The minimum atomic E-state index is -1.47. The molecule has 29 heavy (non-hydrogen) atoms. The number of carbonyl (C=O) groups is 1. The maximum Gasteiger partial charge on any atom is 0.307 e. The molecule has 160 valence electrons. The van der Waals surface area contributed by atoms with E-state index in [1.165, 1.54) is 18.7 Å². The van der Waals surface area contributed by atoms with E-state index in [9.17, 15) is 14.3 Å². The molecule has 2 aromatic rings. The first-order valence-corrected chi connectivity index (χ1v) is 10.9. The summed E-state index contributed by atoms with van der Waals surface area (Å²) in [5, 5.41) is 13.9. The molecule has 3 heterocycles. The molecule has 3 rings (SSSR count). The third kappa shape index (κ3) is 5.07. The number of halogens is 1. The maximum atomic E-state index is 14.3. The summed E-state index contributed by atoms with van der Waals surface area (Å²) < 4.78 is 16.0. The lowest BCUT2D eigenvalue weighted by atomic mass is 9.73. The third-order valence-electron chi connectivity index (χ3n) is 5.88. The van der Waals surface area contributed by atoms with Crippen LogP contribution in [0, 0.1) is 17.3 Å². The lowest BCUT2D eigenvalue weighted by molar-refractivity contribution is -0.145. The van der Waals surface area contributed by atoms with E-state index in [1.807, 2.05) is 19.2 Å². The van der Waals surface area contributed by atoms with Gasteiger partial charge < -0.3 is 5.11 Å². The Labute approximate surface area is 176 Å². The minimum absolute atomic E-state index is 0.0806. The van der Waals surface area contributed by atoms with Crippen LogP contribution in [0.15, 0.2) is 18.2 Å². The Bertz CT molecular complexity index is 875. The summed E-state index contributed by atoms with van der Waals surface area (Å²) in [4.78, 5) is 16.2. The van der Waals surface area contributed by atoms with Gasteiger partial charge >= 0.3 is 5.97 Å². The van der Waals surface area contributed by atoms with Gasteiger partial charge in [0, 0.05) is 31.6 Å². The first-order valence-electron chi connectivity index (χ1n) is 10.1. The van der Waals surface area contributed by atoms with Crippen molar-refractivity contribution in [1.29, 1.82) is 0 Å². The van der Waals surface area contributed by atoms with Crippen molar-refractivity contribution in [2.75, 3.05) is 13.1 Å². The van der Waals surface area contributed by atoms with Crippen molar-refractivity contribution in [3.05, 3.63) is 28.8 Å². The second-order valence-electron chi connectivity index (χ2n) is 9.80. The van der Waals surface area contributed by atoms with Gasteiger partial charge in [0.25, 0.3) is 0 Å². The largest absolute Gasteiger partial charge is 0.481 e. The van der Waals surface area contributed by atoms with Crippen LogP contribution >= 0.6 is 11.3 Å². The predicted octanol–water partition coefficient (Wildman–Crippen LogP) is 4.92. The summed E-state index contributed by atoms with van der Waals surface area (Å²) in [6.07, 6.45) is 0.738. The molecule has 5 nitrogen and oxygen atoms in total. The highest BCUT2D eigenvalue weighted by Crippen LogP contribution is 2.37. The van der Waals surface area contributed by atoms with Gasteiger partial charge in [-0.15, -0.1) is 11.3 Å². The number of aryl methyl sites for hydroxylation is 1. The zero-order valence-corrected chi connectivity index (χ0v) is 19.0. The third-order valence-corrected chi connectivity index (χ3v) is 6.98. The summed E-state index contributed by atoms with van der Waals surface area (Å²) in [6.45, 7) is 11.8. The van der Waals surface area contributed by atoms with E-state index in [0.717, 1.165) is 30.1 Å². The highest BCUT2D eigenvalue weighted by atomic mass is 32.1. The molecule has 0 bridgehead atoms. The number of aliphatic carboxylic acids is 1. The van der Waals surface area contributed by atoms with Crippen molar-refractivity contribution in [1.82, 2.24) is 14.7 Å². The number of alkyl halides is 1. The van der Waals surface area contributed by atoms with Crippen LogP contribution in [0.2, 0.25) is 0 Å². The molecular formula is C22H32FN3O2S. The van der Waals surface area contributed by atoms with Crippen molar-refractivity contribution >= 4 is 17.3 Å². The smallest absolute Gasteiger partial charge is 0.307 e. The van der Waals surface area contributed by atoms with Crippen LogP contribution < -0.4 is 0 Å². The average molecular weight is 422 g/mol. The van der Waals surface area contributed by atoms with E-state index >= 15 is 0 Å². The lowest BCUT2D eigenvalue weighted by Gasteiger charge is -2.42. The fourth-order valence-corrected chi connectivity index (χ4v) is 5.03. The van der Waals surface area contributed by atoms with Gasteiger partial charge in [-0.3, -0.25) is 14.4 Å². The molecule has 1 fully saturated rings. The van der Waals surface area contributed by atoms with Gasteiger partial charge in [-0.05, 0) is 49.8 Å². The molecule has 1 N–H and O–H groups in total. The number of rotatable bonds is 5. The lowest BCUT2D eigenvalue weighted by Crippen LogP contribution is -2.46. The number of aromatic nitrogens is 2. The Hall–Kier alpha value is -1.73. The number of nitrogens with zero attached hydrogens (tertiary/aromatic N) is 3. The number of carboxylic acids is 1. The first-order chi connectivity index (χ1) is 13.3. The SMILES string of the molecule is Cn1nc(C(C)(C)F)cc1-c1ccc(CN2CC(C(=O)O)CC(C(C)(C)C)C2)s1. The van der Waals surface area contributed by atoms with E-state index < -0.39 is 11.6 Å². The second kappa shape index (κ2) is 7.84. The van der Waals surface area contributed by atoms with E-state index in [-0.39, 0.29) is 11.3 Å². The van der Waals surface area contributed by atoms with Crippen molar-refractivity contribution in [2.24, 2.45) is 24.3 Å². The van der Waals surface area contributed by atoms with Gasteiger partial charge in [0.2, 0.25) is 0 Å². The fraction of sp³-hybridized carbons (Fsp3) is 0.636. The molecule has 2 aromatic heterocycles. The average Bonchev–Trinajstić information content (AvgIpc) is 3.19.